The van der Waals surface area contributed by atoms with Crippen LogP contribution < -0.4 is 21.3 Å². The summed E-state index contributed by atoms with van der Waals surface area (Å²) in [5.41, 5.74) is 18.4. The molecular formula is C56H45BN2OS. The molecule has 0 saturated heterocycles. The molecule has 2 aliphatic heterocycles. The molecule has 0 bridgehead atoms. The van der Waals surface area contributed by atoms with E-state index in [1.165, 1.54) is 87.3 Å². The highest BCUT2D eigenvalue weighted by atomic mass is 32.2. The van der Waals surface area contributed by atoms with Crippen molar-refractivity contribution in [2.45, 2.75) is 62.2 Å². The van der Waals surface area contributed by atoms with Crippen molar-refractivity contribution < 1.29 is 4.42 Å². The van der Waals surface area contributed by atoms with Gasteiger partial charge in [0.1, 0.15) is 11.2 Å². The fourth-order valence-corrected chi connectivity index (χ4v) is 11.3. The standard InChI is InChI=1S/C56H45BN2OS/c1-5-6-16-37-30-52-43(42-21-12-15-24-51(42)60-52)34-48(37)59-49-33-39(58-46-22-13-10-19-40(46)41-20-11-14-23-47(41)58)26-27-44(49)57-45-29-36(35-17-8-7-9-18-35)25-28-53(45)61-54-32-38(56(2,3)4)31-50(59)55(54)57/h7-15,17-34H,5-6,16H2,1-4H3. The van der Waals surface area contributed by atoms with Crippen LogP contribution in [0.1, 0.15) is 51.7 Å². The number of hydrogen-bond donors (Lipinski definition) is 0. The number of fused-ring (bicyclic) bond motifs is 10. The number of furan rings is 1. The monoisotopic (exact) mass is 804 g/mol. The molecule has 0 amide bonds. The first kappa shape index (κ1) is 36.4. The number of benzene rings is 8. The lowest BCUT2D eigenvalue weighted by molar-refractivity contribution is 0.589. The SMILES string of the molecule is CCCCc1cc2oc3ccccc3c2cc1N1c2cc(-n3c4ccccc4c4ccccc43)ccc2B2c3cc(-c4ccccc4)ccc3Sc3cc(C(C)(C)C)cc1c32. The minimum atomic E-state index is -0.0639. The zero-order valence-corrected chi connectivity index (χ0v) is 35.8. The summed E-state index contributed by atoms with van der Waals surface area (Å²) in [5.74, 6) is 0. The van der Waals surface area contributed by atoms with Crippen LogP contribution in [0.3, 0.4) is 0 Å². The lowest BCUT2D eigenvalue weighted by Gasteiger charge is -2.42. The van der Waals surface area contributed by atoms with Crippen molar-refractivity contribution in [2.24, 2.45) is 0 Å². The van der Waals surface area contributed by atoms with Gasteiger partial charge in [-0.15, -0.1) is 0 Å². The van der Waals surface area contributed by atoms with Crippen molar-refractivity contribution in [2.75, 3.05) is 4.90 Å². The summed E-state index contributed by atoms with van der Waals surface area (Å²) in [7, 11) is 0. The predicted molar refractivity (Wildman–Crippen MR) is 261 cm³/mol. The van der Waals surface area contributed by atoms with Crippen LogP contribution in [0.25, 0.3) is 60.6 Å². The molecule has 3 nitrogen and oxygen atoms in total. The Labute approximate surface area is 361 Å². The number of aromatic nitrogens is 1. The van der Waals surface area contributed by atoms with Crippen LogP contribution >= 0.6 is 11.8 Å². The van der Waals surface area contributed by atoms with Crippen molar-refractivity contribution in [3.05, 3.63) is 175 Å². The molecule has 12 rings (SSSR count). The maximum absolute atomic E-state index is 6.59. The molecule has 294 valence electrons. The van der Waals surface area contributed by atoms with Gasteiger partial charge < -0.3 is 13.9 Å². The van der Waals surface area contributed by atoms with Gasteiger partial charge in [-0.25, -0.2) is 0 Å². The van der Waals surface area contributed by atoms with Crippen molar-refractivity contribution in [1.82, 2.24) is 4.57 Å². The summed E-state index contributed by atoms with van der Waals surface area (Å²) >= 11 is 1.94. The van der Waals surface area contributed by atoms with Crippen molar-refractivity contribution in [1.29, 1.82) is 0 Å². The first-order valence-corrected chi connectivity index (χ1v) is 22.6. The Bertz CT molecular complexity index is 3340. The summed E-state index contributed by atoms with van der Waals surface area (Å²) in [6.07, 6.45) is 3.16. The van der Waals surface area contributed by atoms with Crippen LogP contribution in [0.5, 0.6) is 0 Å². The highest BCUT2D eigenvalue weighted by Crippen LogP contribution is 2.47. The number of anilines is 3. The molecule has 4 heterocycles. The van der Waals surface area contributed by atoms with Gasteiger partial charge in [-0.1, -0.05) is 154 Å². The molecule has 0 saturated carbocycles. The molecule has 0 unspecified atom stereocenters. The van der Waals surface area contributed by atoms with E-state index in [9.17, 15) is 0 Å². The Kier molecular flexibility index (Phi) is 8.24. The second-order valence-corrected chi connectivity index (χ2v) is 19.0. The smallest absolute Gasteiger partial charge is 0.249 e. The molecule has 0 spiro atoms. The maximum Gasteiger partial charge on any atom is 0.249 e. The summed E-state index contributed by atoms with van der Waals surface area (Å²) in [6, 6.07) is 61.3. The Balaban J connectivity index is 1.20. The number of nitrogens with zero attached hydrogens (tertiary/aromatic N) is 2. The van der Waals surface area contributed by atoms with Crippen LogP contribution in [0.4, 0.5) is 17.1 Å². The van der Waals surface area contributed by atoms with Crippen LogP contribution in [0.2, 0.25) is 0 Å². The molecule has 2 aromatic heterocycles. The molecule has 5 heteroatoms. The maximum atomic E-state index is 6.59. The van der Waals surface area contributed by atoms with Crippen LogP contribution in [-0.2, 0) is 11.8 Å². The molecule has 0 radical (unpaired) electrons. The van der Waals surface area contributed by atoms with Crippen LogP contribution in [0, 0.1) is 0 Å². The average molecular weight is 805 g/mol. The zero-order valence-electron chi connectivity index (χ0n) is 35.0. The Morgan fingerprint density at radius 1 is 0.557 bits per heavy atom. The van der Waals surface area contributed by atoms with Crippen molar-refractivity contribution in [3.63, 3.8) is 0 Å². The topological polar surface area (TPSA) is 21.3 Å². The third-order valence-corrected chi connectivity index (χ3v) is 14.3. The van der Waals surface area contributed by atoms with E-state index in [0.717, 1.165) is 46.9 Å². The highest BCUT2D eigenvalue weighted by molar-refractivity contribution is 8.00. The minimum absolute atomic E-state index is 0.0509. The van der Waals surface area contributed by atoms with E-state index in [0.29, 0.717) is 0 Å². The van der Waals surface area contributed by atoms with Gasteiger partial charge in [0.05, 0.1) is 16.7 Å². The van der Waals surface area contributed by atoms with Gasteiger partial charge in [-0.05, 0) is 112 Å². The van der Waals surface area contributed by atoms with Gasteiger partial charge in [-0.3, -0.25) is 0 Å². The van der Waals surface area contributed by atoms with E-state index in [4.69, 9.17) is 4.42 Å². The van der Waals surface area contributed by atoms with Gasteiger partial charge in [-0.2, -0.15) is 0 Å². The van der Waals surface area contributed by atoms with E-state index >= 15 is 0 Å². The van der Waals surface area contributed by atoms with Gasteiger partial charge in [0.25, 0.3) is 0 Å². The quantitative estimate of drug-likeness (QED) is 0.156. The number of rotatable bonds is 6. The largest absolute Gasteiger partial charge is 0.456 e. The van der Waals surface area contributed by atoms with E-state index < -0.39 is 0 Å². The molecule has 0 atom stereocenters. The first-order chi connectivity index (χ1) is 29.8. The third kappa shape index (κ3) is 5.67. The number of unbranched alkanes of at least 4 members (excludes halogenated alkanes) is 1. The summed E-state index contributed by atoms with van der Waals surface area (Å²) < 4.78 is 9.06. The second-order valence-electron chi connectivity index (χ2n) is 17.9. The van der Waals surface area contributed by atoms with Crippen molar-refractivity contribution >= 4 is 95.7 Å². The van der Waals surface area contributed by atoms with E-state index in [1.807, 2.05) is 11.8 Å². The van der Waals surface area contributed by atoms with Gasteiger partial charge in [0, 0.05) is 48.4 Å². The molecule has 10 aromatic rings. The van der Waals surface area contributed by atoms with Crippen LogP contribution in [-0.4, -0.2) is 11.3 Å². The lowest BCUT2D eigenvalue weighted by Crippen LogP contribution is -2.60. The molecule has 8 aromatic carbocycles. The number of aryl methyl sites for hydroxylation is 1. The third-order valence-electron chi connectivity index (χ3n) is 13.2. The first-order valence-electron chi connectivity index (χ1n) is 21.8. The Hall–Kier alpha value is -6.43. The molecule has 61 heavy (non-hydrogen) atoms. The Morgan fingerprint density at radius 3 is 2.03 bits per heavy atom. The summed E-state index contributed by atoms with van der Waals surface area (Å²) in [4.78, 5) is 5.32. The van der Waals surface area contributed by atoms with Gasteiger partial charge in [0.2, 0.25) is 6.71 Å². The zero-order chi connectivity index (χ0) is 41.0. The van der Waals surface area contributed by atoms with Crippen molar-refractivity contribution in [3.8, 4) is 16.8 Å². The van der Waals surface area contributed by atoms with E-state index in [2.05, 4.69) is 201 Å². The normalized spacial score (nSPS) is 13.3. The van der Waals surface area contributed by atoms with Gasteiger partial charge >= 0.3 is 0 Å². The molecule has 0 fully saturated rings. The molecule has 0 N–H and O–H groups in total. The fraction of sp³-hybridized carbons (Fsp3) is 0.143. The average Bonchev–Trinajstić information content (AvgIpc) is 3.82. The molecular weight excluding hydrogens is 760 g/mol. The minimum Gasteiger partial charge on any atom is -0.456 e. The summed E-state index contributed by atoms with van der Waals surface area (Å²) in [6.45, 7) is 9.40. The second kappa shape index (κ2) is 13.8. The van der Waals surface area contributed by atoms with E-state index in [1.54, 1.807) is 0 Å². The summed E-state index contributed by atoms with van der Waals surface area (Å²) in [5, 5.41) is 4.84. The lowest BCUT2D eigenvalue weighted by atomic mass is 9.34. The molecule has 0 aliphatic carbocycles. The highest BCUT2D eigenvalue weighted by Gasteiger charge is 2.42. The van der Waals surface area contributed by atoms with Crippen LogP contribution in [0.15, 0.2) is 178 Å². The van der Waals surface area contributed by atoms with E-state index in [-0.39, 0.29) is 12.1 Å². The fourth-order valence-electron chi connectivity index (χ4n) is 10.2. The van der Waals surface area contributed by atoms with Gasteiger partial charge in [0.15, 0.2) is 0 Å². The Morgan fingerprint density at radius 2 is 1.28 bits per heavy atom. The molecule has 2 aliphatic rings. The number of hydrogen-bond acceptors (Lipinski definition) is 3. The number of para-hydroxylation sites is 3. The predicted octanol–water partition coefficient (Wildman–Crippen LogP) is 13.8.